The molecule has 0 bridgehead atoms. The summed E-state index contributed by atoms with van der Waals surface area (Å²) >= 11 is 0. The highest BCUT2D eigenvalue weighted by Gasteiger charge is 2.11. The van der Waals surface area contributed by atoms with Gasteiger partial charge in [0.15, 0.2) is 5.78 Å². The van der Waals surface area contributed by atoms with Crippen molar-refractivity contribution in [2.75, 3.05) is 7.11 Å². The molecule has 0 heterocycles. The van der Waals surface area contributed by atoms with Crippen molar-refractivity contribution in [2.24, 2.45) is 0 Å². The van der Waals surface area contributed by atoms with Crippen LogP contribution in [0.15, 0.2) is 42.5 Å². The molecule has 0 spiro atoms. The van der Waals surface area contributed by atoms with E-state index in [-0.39, 0.29) is 18.0 Å². The molecule has 2 nitrogen and oxygen atoms in total. The molecule has 19 heavy (non-hydrogen) atoms. The number of benzene rings is 2. The Hall–Kier alpha value is -2.16. The number of methoxy groups -OCH3 is 1. The minimum atomic E-state index is -0.385. The van der Waals surface area contributed by atoms with Gasteiger partial charge in [-0.25, -0.2) is 4.39 Å². The zero-order valence-corrected chi connectivity index (χ0v) is 10.9. The Balaban J connectivity index is 2.18. The SMILES string of the molecule is COc1ccc(CC(=O)c2cc(F)ccc2C)cc1. The zero-order chi connectivity index (χ0) is 13.8. The third-order valence-electron chi connectivity index (χ3n) is 3.02. The molecule has 0 unspecified atom stereocenters. The van der Waals surface area contributed by atoms with Crippen molar-refractivity contribution >= 4 is 5.78 Å². The predicted octanol–water partition coefficient (Wildman–Crippen LogP) is 3.57. The largest absolute Gasteiger partial charge is 0.497 e. The quantitative estimate of drug-likeness (QED) is 0.784. The summed E-state index contributed by atoms with van der Waals surface area (Å²) in [5.74, 6) is 0.281. The van der Waals surface area contributed by atoms with E-state index in [9.17, 15) is 9.18 Å². The van der Waals surface area contributed by atoms with Crippen LogP contribution in [0.2, 0.25) is 0 Å². The van der Waals surface area contributed by atoms with Gasteiger partial charge in [0.1, 0.15) is 11.6 Å². The maximum atomic E-state index is 13.2. The molecule has 0 aromatic heterocycles. The smallest absolute Gasteiger partial charge is 0.167 e. The highest BCUT2D eigenvalue weighted by Crippen LogP contribution is 2.16. The maximum Gasteiger partial charge on any atom is 0.167 e. The third-order valence-corrected chi connectivity index (χ3v) is 3.02. The van der Waals surface area contributed by atoms with E-state index in [0.717, 1.165) is 16.9 Å². The van der Waals surface area contributed by atoms with Gasteiger partial charge in [-0.3, -0.25) is 4.79 Å². The molecule has 0 N–H and O–H groups in total. The summed E-state index contributed by atoms with van der Waals surface area (Å²) in [5.41, 5.74) is 2.12. The number of Topliss-reactive ketones (excluding diaryl/α,β-unsaturated/α-hetero) is 1. The molecule has 0 aliphatic carbocycles. The van der Waals surface area contributed by atoms with Gasteiger partial charge in [0.2, 0.25) is 0 Å². The zero-order valence-electron chi connectivity index (χ0n) is 10.9. The van der Waals surface area contributed by atoms with Gasteiger partial charge in [-0.2, -0.15) is 0 Å². The topological polar surface area (TPSA) is 26.3 Å². The van der Waals surface area contributed by atoms with Crippen molar-refractivity contribution in [3.8, 4) is 5.75 Å². The number of carbonyl (C=O) groups excluding carboxylic acids is 1. The van der Waals surface area contributed by atoms with Crippen LogP contribution < -0.4 is 4.74 Å². The number of ketones is 1. The summed E-state index contributed by atoms with van der Waals surface area (Å²) in [7, 11) is 1.59. The second-order valence-electron chi connectivity index (χ2n) is 4.41. The van der Waals surface area contributed by atoms with Gasteiger partial charge in [-0.1, -0.05) is 18.2 Å². The van der Waals surface area contributed by atoms with Crippen LogP contribution >= 0.6 is 0 Å². The molecule has 0 saturated carbocycles. The van der Waals surface area contributed by atoms with E-state index in [1.807, 2.05) is 12.1 Å². The molecule has 2 rings (SSSR count). The van der Waals surface area contributed by atoms with E-state index in [2.05, 4.69) is 0 Å². The molecule has 0 fully saturated rings. The van der Waals surface area contributed by atoms with Gasteiger partial charge in [0.05, 0.1) is 7.11 Å². The van der Waals surface area contributed by atoms with Crippen molar-refractivity contribution < 1.29 is 13.9 Å². The van der Waals surface area contributed by atoms with E-state index < -0.39 is 0 Å². The Morgan fingerprint density at radius 3 is 2.47 bits per heavy atom. The Labute approximate surface area is 111 Å². The van der Waals surface area contributed by atoms with Crippen LogP contribution in [0.5, 0.6) is 5.75 Å². The monoisotopic (exact) mass is 258 g/mol. The highest BCUT2D eigenvalue weighted by molar-refractivity contribution is 5.98. The van der Waals surface area contributed by atoms with Gasteiger partial charge in [-0.15, -0.1) is 0 Å². The van der Waals surface area contributed by atoms with Crippen LogP contribution in [0.4, 0.5) is 4.39 Å². The summed E-state index contributed by atoms with van der Waals surface area (Å²) in [6.07, 6.45) is 0.258. The lowest BCUT2D eigenvalue weighted by molar-refractivity contribution is 0.0992. The molecular formula is C16H15FO2. The third kappa shape index (κ3) is 3.19. The maximum absolute atomic E-state index is 13.2. The summed E-state index contributed by atoms with van der Waals surface area (Å²) in [6.45, 7) is 1.81. The molecule has 98 valence electrons. The first-order valence-corrected chi connectivity index (χ1v) is 6.02. The lowest BCUT2D eigenvalue weighted by Gasteiger charge is -2.06. The minimum Gasteiger partial charge on any atom is -0.497 e. The van der Waals surface area contributed by atoms with Crippen molar-refractivity contribution in [1.29, 1.82) is 0 Å². The van der Waals surface area contributed by atoms with E-state index in [0.29, 0.717) is 5.56 Å². The Morgan fingerprint density at radius 2 is 1.84 bits per heavy atom. The number of aryl methyl sites for hydroxylation is 1. The van der Waals surface area contributed by atoms with E-state index in [4.69, 9.17) is 4.74 Å². The molecule has 2 aromatic carbocycles. The first-order valence-electron chi connectivity index (χ1n) is 6.02. The average Bonchev–Trinajstić information content (AvgIpc) is 2.42. The molecule has 0 saturated heterocycles. The Morgan fingerprint density at radius 1 is 1.16 bits per heavy atom. The fourth-order valence-electron chi connectivity index (χ4n) is 1.92. The lowest BCUT2D eigenvalue weighted by Crippen LogP contribution is -2.06. The number of ether oxygens (including phenoxy) is 1. The number of rotatable bonds is 4. The fourth-order valence-corrected chi connectivity index (χ4v) is 1.92. The summed E-state index contributed by atoms with van der Waals surface area (Å²) < 4.78 is 18.2. The van der Waals surface area contributed by atoms with Crippen LogP contribution in [-0.2, 0) is 6.42 Å². The van der Waals surface area contributed by atoms with E-state index in [1.165, 1.54) is 12.1 Å². The molecule has 0 radical (unpaired) electrons. The molecule has 0 amide bonds. The number of hydrogen-bond acceptors (Lipinski definition) is 2. The van der Waals surface area contributed by atoms with Gasteiger partial charge in [0, 0.05) is 12.0 Å². The average molecular weight is 258 g/mol. The van der Waals surface area contributed by atoms with Gasteiger partial charge >= 0.3 is 0 Å². The Kier molecular flexibility index (Phi) is 3.95. The predicted molar refractivity (Wildman–Crippen MR) is 72.2 cm³/mol. The molecule has 0 atom stereocenters. The van der Waals surface area contributed by atoms with Crippen molar-refractivity contribution in [3.05, 3.63) is 65.0 Å². The number of hydrogen-bond donors (Lipinski definition) is 0. The second-order valence-corrected chi connectivity index (χ2v) is 4.41. The minimum absolute atomic E-state index is 0.0813. The number of carbonyl (C=O) groups is 1. The molecule has 3 heteroatoms. The van der Waals surface area contributed by atoms with Crippen LogP contribution in [-0.4, -0.2) is 12.9 Å². The second kappa shape index (κ2) is 5.65. The fraction of sp³-hybridized carbons (Fsp3) is 0.188. The van der Waals surface area contributed by atoms with Gasteiger partial charge < -0.3 is 4.74 Å². The van der Waals surface area contributed by atoms with Crippen molar-refractivity contribution in [1.82, 2.24) is 0 Å². The number of halogens is 1. The normalized spacial score (nSPS) is 10.3. The molecular weight excluding hydrogens is 243 g/mol. The summed E-state index contributed by atoms with van der Waals surface area (Å²) in [4.78, 5) is 12.1. The van der Waals surface area contributed by atoms with Crippen LogP contribution in [0.1, 0.15) is 21.5 Å². The first-order chi connectivity index (χ1) is 9.10. The van der Waals surface area contributed by atoms with Crippen LogP contribution in [0.3, 0.4) is 0 Å². The van der Waals surface area contributed by atoms with Gasteiger partial charge in [0.25, 0.3) is 0 Å². The highest BCUT2D eigenvalue weighted by atomic mass is 19.1. The summed E-state index contributed by atoms with van der Waals surface area (Å²) in [5, 5.41) is 0. The lowest BCUT2D eigenvalue weighted by atomic mass is 9.99. The molecule has 0 aliphatic rings. The molecule has 0 aliphatic heterocycles. The van der Waals surface area contributed by atoms with Crippen LogP contribution in [0.25, 0.3) is 0 Å². The standard InChI is InChI=1S/C16H15FO2/c1-11-3-6-13(17)10-15(11)16(18)9-12-4-7-14(19-2)8-5-12/h3-8,10H,9H2,1-2H3. The van der Waals surface area contributed by atoms with Crippen molar-refractivity contribution in [2.45, 2.75) is 13.3 Å². The van der Waals surface area contributed by atoms with E-state index in [1.54, 1.807) is 32.2 Å². The van der Waals surface area contributed by atoms with Crippen LogP contribution in [0, 0.1) is 12.7 Å². The van der Waals surface area contributed by atoms with E-state index >= 15 is 0 Å². The summed E-state index contributed by atoms with van der Waals surface area (Å²) in [6, 6.07) is 11.6. The molecule has 2 aromatic rings. The van der Waals surface area contributed by atoms with Gasteiger partial charge in [-0.05, 0) is 42.3 Å². The Bertz CT molecular complexity index is 588. The van der Waals surface area contributed by atoms with Crippen molar-refractivity contribution in [3.63, 3.8) is 0 Å². The first kappa shape index (κ1) is 13.3.